The van der Waals surface area contributed by atoms with Crippen molar-refractivity contribution in [3.8, 4) is 0 Å². The van der Waals surface area contributed by atoms with Crippen molar-refractivity contribution in [2.24, 2.45) is 0 Å². The van der Waals surface area contributed by atoms with E-state index in [-0.39, 0.29) is 12.1 Å². The minimum Gasteiger partial charge on any atom is -0.385 e. The molecule has 0 aliphatic rings. The number of nitrogens with one attached hydrogen (secondary N) is 2. The zero-order chi connectivity index (χ0) is 10.8. The van der Waals surface area contributed by atoms with E-state index in [4.69, 9.17) is 4.74 Å². The summed E-state index contributed by atoms with van der Waals surface area (Å²) in [5.41, 5.74) is 0. The Labute approximate surface area is 86.4 Å². The molecule has 4 heteroatoms. The van der Waals surface area contributed by atoms with Gasteiger partial charge in [-0.25, -0.2) is 4.79 Å². The van der Waals surface area contributed by atoms with Crippen LogP contribution in [0.5, 0.6) is 0 Å². The fourth-order valence-corrected chi connectivity index (χ4v) is 1.02. The van der Waals surface area contributed by atoms with Crippen molar-refractivity contribution in [3.05, 3.63) is 0 Å². The van der Waals surface area contributed by atoms with Gasteiger partial charge in [-0.15, -0.1) is 0 Å². The molecule has 14 heavy (non-hydrogen) atoms. The maximum atomic E-state index is 11.2. The van der Waals surface area contributed by atoms with Crippen LogP contribution in [-0.2, 0) is 4.74 Å². The topological polar surface area (TPSA) is 50.4 Å². The molecule has 0 aliphatic carbocycles. The number of carbonyl (C=O) groups excluding carboxylic acids is 1. The lowest BCUT2D eigenvalue weighted by molar-refractivity contribution is 0.184. The predicted molar refractivity (Wildman–Crippen MR) is 57.4 cm³/mol. The quantitative estimate of drug-likeness (QED) is 0.615. The summed E-state index contributed by atoms with van der Waals surface area (Å²) in [5, 5.41) is 5.64. The number of rotatable bonds is 7. The van der Waals surface area contributed by atoms with E-state index in [1.165, 1.54) is 0 Å². The summed E-state index contributed by atoms with van der Waals surface area (Å²) in [7, 11) is 1.66. The van der Waals surface area contributed by atoms with Crippen molar-refractivity contribution in [1.82, 2.24) is 10.6 Å². The molecule has 0 fully saturated rings. The summed E-state index contributed by atoms with van der Waals surface area (Å²) in [6.45, 7) is 5.49. The maximum absolute atomic E-state index is 11.2. The summed E-state index contributed by atoms with van der Waals surface area (Å²) in [5.74, 6) is 0. The molecule has 0 aromatic heterocycles. The second-order valence-corrected chi connectivity index (χ2v) is 3.44. The van der Waals surface area contributed by atoms with Crippen molar-refractivity contribution in [2.45, 2.75) is 39.2 Å². The monoisotopic (exact) mass is 202 g/mol. The largest absolute Gasteiger partial charge is 0.385 e. The van der Waals surface area contributed by atoms with Gasteiger partial charge in [-0.3, -0.25) is 0 Å². The zero-order valence-corrected chi connectivity index (χ0v) is 9.43. The average molecular weight is 202 g/mol. The van der Waals surface area contributed by atoms with Crippen molar-refractivity contribution < 1.29 is 9.53 Å². The van der Waals surface area contributed by atoms with Crippen LogP contribution in [0.15, 0.2) is 0 Å². The fraction of sp³-hybridized carbons (Fsp3) is 0.900. The smallest absolute Gasteiger partial charge is 0.314 e. The van der Waals surface area contributed by atoms with Gasteiger partial charge in [0.15, 0.2) is 0 Å². The first-order valence-corrected chi connectivity index (χ1v) is 5.24. The van der Waals surface area contributed by atoms with E-state index in [9.17, 15) is 4.79 Å². The molecule has 0 aliphatic heterocycles. The number of urea groups is 1. The minimum atomic E-state index is -0.0814. The van der Waals surface area contributed by atoms with Gasteiger partial charge in [0, 0.05) is 26.3 Å². The van der Waals surface area contributed by atoms with E-state index in [1.54, 1.807) is 7.11 Å². The van der Waals surface area contributed by atoms with E-state index in [0.717, 1.165) is 25.8 Å². The number of ether oxygens (including phenoxy) is 1. The lowest BCUT2D eigenvalue weighted by atomic mass is 10.2. The van der Waals surface area contributed by atoms with Gasteiger partial charge in [-0.05, 0) is 19.8 Å². The highest BCUT2D eigenvalue weighted by atomic mass is 16.5. The lowest BCUT2D eigenvalue weighted by Gasteiger charge is -2.13. The Morgan fingerprint density at radius 3 is 2.79 bits per heavy atom. The Morgan fingerprint density at radius 2 is 2.21 bits per heavy atom. The van der Waals surface area contributed by atoms with Gasteiger partial charge in [-0.2, -0.15) is 0 Å². The second kappa shape index (κ2) is 8.81. The molecule has 0 aromatic carbocycles. The van der Waals surface area contributed by atoms with Crippen molar-refractivity contribution >= 4 is 6.03 Å². The number of hydrogen-bond donors (Lipinski definition) is 2. The van der Waals surface area contributed by atoms with E-state index in [2.05, 4.69) is 17.6 Å². The molecule has 0 saturated heterocycles. The van der Waals surface area contributed by atoms with Crippen LogP contribution in [0.1, 0.15) is 33.1 Å². The van der Waals surface area contributed by atoms with Crippen LogP contribution in [-0.4, -0.2) is 32.3 Å². The summed E-state index contributed by atoms with van der Waals surface area (Å²) >= 11 is 0. The van der Waals surface area contributed by atoms with Crippen LogP contribution in [0, 0.1) is 0 Å². The third-order valence-corrected chi connectivity index (χ3v) is 1.95. The Morgan fingerprint density at radius 1 is 1.50 bits per heavy atom. The highest BCUT2D eigenvalue weighted by Gasteiger charge is 2.05. The van der Waals surface area contributed by atoms with E-state index in [0.29, 0.717) is 6.61 Å². The van der Waals surface area contributed by atoms with Crippen molar-refractivity contribution in [3.63, 3.8) is 0 Å². The van der Waals surface area contributed by atoms with Gasteiger partial charge in [0.25, 0.3) is 0 Å². The van der Waals surface area contributed by atoms with Gasteiger partial charge in [0.05, 0.1) is 0 Å². The predicted octanol–water partition coefficient (Wildman–Crippen LogP) is 1.51. The van der Waals surface area contributed by atoms with Gasteiger partial charge in [0.1, 0.15) is 0 Å². The average Bonchev–Trinajstić information content (AvgIpc) is 2.15. The molecule has 0 bridgehead atoms. The van der Waals surface area contributed by atoms with E-state index in [1.807, 2.05) is 6.92 Å². The molecule has 0 aromatic rings. The summed E-state index contributed by atoms with van der Waals surface area (Å²) in [6, 6.07) is 0.0821. The minimum absolute atomic E-state index is 0.0814. The van der Waals surface area contributed by atoms with Crippen molar-refractivity contribution in [1.29, 1.82) is 0 Å². The maximum Gasteiger partial charge on any atom is 0.314 e. The van der Waals surface area contributed by atoms with Gasteiger partial charge < -0.3 is 15.4 Å². The third-order valence-electron chi connectivity index (χ3n) is 1.95. The number of methoxy groups -OCH3 is 1. The molecule has 2 amide bonds. The molecule has 84 valence electrons. The van der Waals surface area contributed by atoms with Gasteiger partial charge in [0.2, 0.25) is 0 Å². The van der Waals surface area contributed by atoms with Crippen LogP contribution in [0.25, 0.3) is 0 Å². The molecule has 0 heterocycles. The normalized spacial score (nSPS) is 12.2. The highest BCUT2D eigenvalue weighted by Crippen LogP contribution is 1.90. The van der Waals surface area contributed by atoms with Crippen LogP contribution in [0.3, 0.4) is 0 Å². The van der Waals surface area contributed by atoms with E-state index < -0.39 is 0 Å². The van der Waals surface area contributed by atoms with Crippen LogP contribution in [0.2, 0.25) is 0 Å². The Hall–Kier alpha value is -0.770. The van der Waals surface area contributed by atoms with Gasteiger partial charge >= 0.3 is 6.03 Å². The van der Waals surface area contributed by atoms with Gasteiger partial charge in [-0.1, -0.05) is 13.3 Å². The number of carbonyl (C=O) groups is 1. The number of hydrogen-bond acceptors (Lipinski definition) is 2. The first-order chi connectivity index (χ1) is 6.70. The summed E-state index contributed by atoms with van der Waals surface area (Å²) < 4.78 is 4.92. The van der Waals surface area contributed by atoms with Crippen LogP contribution >= 0.6 is 0 Å². The SMILES string of the molecule is CCCCNC(=O)NC(C)CCOC. The Balaban J connectivity index is 3.40. The molecule has 1 unspecified atom stereocenters. The first kappa shape index (κ1) is 13.2. The fourth-order valence-electron chi connectivity index (χ4n) is 1.02. The second-order valence-electron chi connectivity index (χ2n) is 3.44. The molecule has 0 radical (unpaired) electrons. The molecule has 1 atom stereocenters. The number of unbranched alkanes of at least 4 members (excludes halogenated alkanes) is 1. The number of amides is 2. The molecule has 2 N–H and O–H groups in total. The zero-order valence-electron chi connectivity index (χ0n) is 9.43. The standard InChI is InChI=1S/C10H22N2O2/c1-4-5-7-11-10(13)12-9(2)6-8-14-3/h9H,4-8H2,1-3H3,(H2,11,12,13). The van der Waals surface area contributed by atoms with E-state index >= 15 is 0 Å². The van der Waals surface area contributed by atoms with Crippen LogP contribution in [0.4, 0.5) is 4.79 Å². The third kappa shape index (κ3) is 7.86. The Bertz CT molecular complexity index is 151. The molecule has 0 saturated carbocycles. The first-order valence-electron chi connectivity index (χ1n) is 5.24. The highest BCUT2D eigenvalue weighted by molar-refractivity contribution is 5.74. The van der Waals surface area contributed by atoms with Crippen LogP contribution < -0.4 is 10.6 Å². The Kier molecular flexibility index (Phi) is 8.33. The summed E-state index contributed by atoms with van der Waals surface area (Å²) in [4.78, 5) is 11.2. The lowest BCUT2D eigenvalue weighted by Crippen LogP contribution is -2.41. The van der Waals surface area contributed by atoms with Crippen molar-refractivity contribution in [2.75, 3.05) is 20.3 Å². The molecule has 4 nitrogen and oxygen atoms in total. The molecular weight excluding hydrogens is 180 g/mol. The molecule has 0 rings (SSSR count). The molecule has 0 spiro atoms. The summed E-state index contributed by atoms with van der Waals surface area (Å²) in [6.07, 6.45) is 2.97. The molecular formula is C10H22N2O2.